The number of fused-ring (bicyclic) bond motifs is 2. The van der Waals surface area contributed by atoms with E-state index in [4.69, 9.17) is 4.42 Å². The maximum absolute atomic E-state index is 12.5. The molecule has 3 heterocycles. The summed E-state index contributed by atoms with van der Waals surface area (Å²) in [6, 6.07) is 15.8. The molecule has 0 spiro atoms. The maximum Gasteiger partial charge on any atom is 0.317 e. The highest BCUT2D eigenvalue weighted by molar-refractivity contribution is 7.18. The van der Waals surface area contributed by atoms with E-state index in [9.17, 15) is 4.79 Å². The first-order chi connectivity index (χ1) is 13.8. The summed E-state index contributed by atoms with van der Waals surface area (Å²) < 4.78 is 7.04. The average molecular weight is 392 g/mol. The van der Waals surface area contributed by atoms with Gasteiger partial charge in [-0.05, 0) is 37.1 Å². The Kier molecular flexibility index (Phi) is 4.44. The molecule has 2 aromatic carbocycles. The Labute approximate surface area is 166 Å². The predicted molar refractivity (Wildman–Crippen MR) is 109 cm³/mol. The van der Waals surface area contributed by atoms with Crippen molar-refractivity contribution in [2.45, 2.75) is 25.3 Å². The van der Waals surface area contributed by atoms with Crippen LogP contribution < -0.4 is 5.32 Å². The topological polar surface area (TPSA) is 71.3 Å². The van der Waals surface area contributed by atoms with Gasteiger partial charge in [0.2, 0.25) is 0 Å². The van der Waals surface area contributed by atoms with Gasteiger partial charge in [0.1, 0.15) is 10.5 Å². The number of carbonyl (C=O) groups excluding carboxylic acids is 1. The lowest BCUT2D eigenvalue weighted by Gasteiger charge is -2.30. The Hall–Kier alpha value is -2.93. The smallest absolute Gasteiger partial charge is 0.317 e. The van der Waals surface area contributed by atoms with Crippen LogP contribution >= 0.6 is 11.3 Å². The number of hydrogen-bond donors (Lipinski definition) is 1. The van der Waals surface area contributed by atoms with Gasteiger partial charge in [-0.3, -0.25) is 0 Å². The van der Waals surface area contributed by atoms with Crippen molar-refractivity contribution >= 4 is 38.7 Å². The summed E-state index contributed by atoms with van der Waals surface area (Å²) >= 11 is 1.62. The fourth-order valence-corrected chi connectivity index (χ4v) is 4.56. The first kappa shape index (κ1) is 17.2. The number of carbonyl (C=O) groups is 1. The van der Waals surface area contributed by atoms with Crippen molar-refractivity contribution in [1.82, 2.24) is 20.2 Å². The highest BCUT2D eigenvalue weighted by Crippen LogP contribution is 2.30. The molecule has 0 unspecified atom stereocenters. The largest absolute Gasteiger partial charge is 0.440 e. The van der Waals surface area contributed by atoms with Crippen LogP contribution in [0, 0.1) is 0 Å². The number of oxazole rings is 1. The number of nitrogens with one attached hydrogen (secondary N) is 1. The number of hydrogen-bond acceptors (Lipinski definition) is 5. The molecule has 28 heavy (non-hydrogen) atoms. The second-order valence-electron chi connectivity index (χ2n) is 7.02. The average Bonchev–Trinajstić information content (AvgIpc) is 3.35. The number of aromatic nitrogens is 2. The zero-order valence-corrected chi connectivity index (χ0v) is 16.1. The lowest BCUT2D eigenvalue weighted by molar-refractivity contribution is 0.177. The summed E-state index contributed by atoms with van der Waals surface area (Å²) in [5, 5.41) is 3.93. The van der Waals surface area contributed by atoms with Crippen molar-refractivity contribution in [3.63, 3.8) is 0 Å². The molecule has 1 aliphatic rings. The number of nitrogens with zero attached hydrogens (tertiary/aromatic N) is 3. The normalized spacial score (nSPS) is 15.4. The van der Waals surface area contributed by atoms with Crippen molar-refractivity contribution in [2.24, 2.45) is 0 Å². The molecule has 4 aromatic rings. The van der Waals surface area contributed by atoms with Crippen LogP contribution in [0.4, 0.5) is 4.79 Å². The Morgan fingerprint density at radius 1 is 1.07 bits per heavy atom. The summed E-state index contributed by atoms with van der Waals surface area (Å²) in [6.45, 7) is 1.87. The molecule has 2 aromatic heterocycles. The van der Waals surface area contributed by atoms with Gasteiger partial charge in [-0.1, -0.05) is 24.3 Å². The predicted octanol–water partition coefficient (Wildman–Crippen LogP) is 4.53. The summed E-state index contributed by atoms with van der Waals surface area (Å²) in [7, 11) is 0. The van der Waals surface area contributed by atoms with Gasteiger partial charge in [-0.15, -0.1) is 11.3 Å². The molecule has 7 heteroatoms. The second kappa shape index (κ2) is 7.24. The monoisotopic (exact) mass is 392 g/mol. The van der Waals surface area contributed by atoms with Crippen LogP contribution in [0.25, 0.3) is 21.3 Å². The van der Waals surface area contributed by atoms with E-state index in [0.29, 0.717) is 19.6 Å². The fourth-order valence-electron chi connectivity index (χ4n) is 3.65. The lowest BCUT2D eigenvalue weighted by atomic mass is 9.97. The standard InChI is InChI=1S/C21H20N4O2S/c26-21(22-13-19-23-16-6-2-4-8-18(16)28-19)25-11-9-14(10-12-25)20-24-15-5-1-3-7-17(15)27-20/h1-8,14H,9-13H2,(H,22,26). The minimum absolute atomic E-state index is 0.0322. The molecule has 1 aliphatic heterocycles. The van der Waals surface area contributed by atoms with Crippen molar-refractivity contribution < 1.29 is 9.21 Å². The van der Waals surface area contributed by atoms with Crippen molar-refractivity contribution in [1.29, 1.82) is 0 Å². The molecule has 0 aliphatic carbocycles. The van der Waals surface area contributed by atoms with Crippen LogP contribution in [0.2, 0.25) is 0 Å². The molecule has 6 nitrogen and oxygen atoms in total. The van der Waals surface area contributed by atoms with Crippen LogP contribution in [0.3, 0.4) is 0 Å². The van der Waals surface area contributed by atoms with Crippen molar-refractivity contribution in [2.75, 3.05) is 13.1 Å². The Morgan fingerprint density at radius 3 is 2.61 bits per heavy atom. The zero-order chi connectivity index (χ0) is 18.9. The molecule has 1 N–H and O–H groups in total. The van der Waals surface area contributed by atoms with Crippen LogP contribution in [0.15, 0.2) is 52.9 Å². The zero-order valence-electron chi connectivity index (χ0n) is 15.3. The molecule has 0 radical (unpaired) electrons. The number of piperidine rings is 1. The van der Waals surface area contributed by atoms with E-state index in [0.717, 1.165) is 45.1 Å². The van der Waals surface area contributed by atoms with Crippen LogP contribution in [0.5, 0.6) is 0 Å². The number of amides is 2. The van der Waals surface area contributed by atoms with E-state index in [1.807, 2.05) is 47.4 Å². The molecule has 0 saturated carbocycles. The minimum Gasteiger partial charge on any atom is -0.440 e. The van der Waals surface area contributed by atoms with Crippen molar-refractivity contribution in [3.8, 4) is 0 Å². The second-order valence-corrected chi connectivity index (χ2v) is 8.13. The molecule has 1 saturated heterocycles. The quantitative estimate of drug-likeness (QED) is 0.556. The summed E-state index contributed by atoms with van der Waals surface area (Å²) in [5.41, 5.74) is 2.71. The highest BCUT2D eigenvalue weighted by Gasteiger charge is 2.27. The third-order valence-corrected chi connectivity index (χ3v) is 6.21. The molecule has 5 rings (SSSR count). The number of urea groups is 1. The third-order valence-electron chi connectivity index (χ3n) is 5.17. The Bertz CT molecular complexity index is 1060. The van der Waals surface area contributed by atoms with Crippen LogP contribution in [-0.4, -0.2) is 34.0 Å². The van der Waals surface area contributed by atoms with E-state index in [1.54, 1.807) is 11.3 Å². The number of thiazole rings is 1. The number of benzene rings is 2. The molecule has 1 fully saturated rings. The molecular weight excluding hydrogens is 372 g/mol. The van der Waals surface area contributed by atoms with E-state index in [-0.39, 0.29) is 11.9 Å². The highest BCUT2D eigenvalue weighted by atomic mass is 32.1. The summed E-state index contributed by atoms with van der Waals surface area (Å²) in [5.74, 6) is 1.05. The van der Waals surface area contributed by atoms with Gasteiger partial charge in [0.25, 0.3) is 0 Å². The summed E-state index contributed by atoms with van der Waals surface area (Å²) in [6.07, 6.45) is 1.72. The first-order valence-corrected chi connectivity index (χ1v) is 10.3. The van der Waals surface area contributed by atoms with Gasteiger partial charge in [-0.2, -0.15) is 0 Å². The van der Waals surface area contributed by atoms with Crippen LogP contribution in [-0.2, 0) is 6.54 Å². The number of rotatable bonds is 3. The van der Waals surface area contributed by atoms with Gasteiger partial charge in [0.15, 0.2) is 11.5 Å². The SMILES string of the molecule is O=C(NCc1nc2ccccc2s1)N1CCC(c2nc3ccccc3o2)CC1. The number of para-hydroxylation sites is 3. The van der Waals surface area contributed by atoms with Gasteiger partial charge in [-0.25, -0.2) is 14.8 Å². The van der Waals surface area contributed by atoms with Gasteiger partial charge >= 0.3 is 6.03 Å². The van der Waals surface area contributed by atoms with Gasteiger partial charge in [0.05, 0.1) is 16.8 Å². The van der Waals surface area contributed by atoms with Crippen molar-refractivity contribution in [3.05, 3.63) is 59.4 Å². The van der Waals surface area contributed by atoms with E-state index < -0.39 is 0 Å². The molecule has 0 atom stereocenters. The fraction of sp³-hybridized carbons (Fsp3) is 0.286. The van der Waals surface area contributed by atoms with E-state index in [2.05, 4.69) is 21.4 Å². The van der Waals surface area contributed by atoms with Gasteiger partial charge in [0, 0.05) is 19.0 Å². The third kappa shape index (κ3) is 3.33. The summed E-state index contributed by atoms with van der Waals surface area (Å²) in [4.78, 5) is 23.6. The lowest BCUT2D eigenvalue weighted by Crippen LogP contribution is -2.43. The molecular formula is C21H20N4O2S. The van der Waals surface area contributed by atoms with E-state index in [1.165, 1.54) is 0 Å². The van der Waals surface area contributed by atoms with Crippen LogP contribution in [0.1, 0.15) is 29.7 Å². The van der Waals surface area contributed by atoms with Gasteiger partial charge < -0.3 is 14.6 Å². The molecule has 2 amide bonds. The maximum atomic E-state index is 12.5. The Balaban J connectivity index is 1.17. The number of likely N-dealkylation sites (tertiary alicyclic amines) is 1. The Morgan fingerprint density at radius 2 is 1.82 bits per heavy atom. The first-order valence-electron chi connectivity index (χ1n) is 9.49. The minimum atomic E-state index is -0.0322. The van der Waals surface area contributed by atoms with E-state index >= 15 is 0 Å². The molecule has 142 valence electrons. The molecule has 0 bridgehead atoms.